The summed E-state index contributed by atoms with van der Waals surface area (Å²) in [5.41, 5.74) is 11.5. The molecular formula is C52H39N5Si. The van der Waals surface area contributed by atoms with E-state index in [0.29, 0.717) is 17.5 Å². The van der Waals surface area contributed by atoms with E-state index in [0.717, 1.165) is 67.3 Å². The zero-order valence-corrected chi connectivity index (χ0v) is 33.3. The number of anilines is 3. The molecule has 0 spiro atoms. The van der Waals surface area contributed by atoms with Gasteiger partial charge in [0.05, 0.1) is 5.56 Å². The van der Waals surface area contributed by atoms with Crippen LogP contribution in [0.1, 0.15) is 0 Å². The lowest BCUT2D eigenvalue weighted by Crippen LogP contribution is -2.58. The molecule has 1 aliphatic heterocycles. The summed E-state index contributed by atoms with van der Waals surface area (Å²) in [6.45, 7) is 4.88. The Labute approximate surface area is 340 Å². The molecule has 0 N–H and O–H groups in total. The molecule has 2 aromatic heterocycles. The SMILES string of the molecule is C[Si]1(C)c2ccccc2N(c2ncc(-c3c(-c4ccccc4)cccc3-c3ccccc3)cc2-c2nc(-c3ccccc3)nc(-c3ccccc3)n2)c2ccccc21. The Morgan fingerprint density at radius 1 is 0.379 bits per heavy atom. The normalized spacial score (nSPS) is 12.8. The highest BCUT2D eigenvalue weighted by Crippen LogP contribution is 2.45. The highest BCUT2D eigenvalue weighted by Gasteiger charge is 2.39. The van der Waals surface area contributed by atoms with Crippen molar-refractivity contribution in [3.8, 4) is 67.5 Å². The second kappa shape index (κ2) is 14.7. The third-order valence-electron chi connectivity index (χ3n) is 11.2. The molecule has 0 aliphatic carbocycles. The van der Waals surface area contributed by atoms with Gasteiger partial charge in [0.15, 0.2) is 17.5 Å². The Hall–Kier alpha value is -7.28. The maximum absolute atomic E-state index is 5.52. The van der Waals surface area contributed by atoms with Crippen LogP contribution < -0.4 is 15.3 Å². The highest BCUT2D eigenvalue weighted by molar-refractivity contribution is 7.02. The second-order valence-corrected chi connectivity index (χ2v) is 19.4. The zero-order valence-electron chi connectivity index (χ0n) is 32.3. The number of benzene rings is 7. The zero-order chi connectivity index (χ0) is 39.1. The van der Waals surface area contributed by atoms with Crippen LogP contribution in [0.15, 0.2) is 200 Å². The number of pyridine rings is 1. The van der Waals surface area contributed by atoms with Gasteiger partial charge in [-0.1, -0.05) is 189 Å². The molecule has 0 radical (unpaired) electrons. The van der Waals surface area contributed by atoms with E-state index in [1.807, 2.05) is 42.6 Å². The average Bonchev–Trinajstić information content (AvgIpc) is 3.30. The van der Waals surface area contributed by atoms with Gasteiger partial charge < -0.3 is 0 Å². The minimum Gasteiger partial charge on any atom is -0.295 e. The summed E-state index contributed by atoms with van der Waals surface area (Å²) in [7, 11) is -2.07. The predicted molar refractivity (Wildman–Crippen MR) is 242 cm³/mol. The van der Waals surface area contributed by atoms with Crippen LogP contribution in [0.4, 0.5) is 17.2 Å². The van der Waals surface area contributed by atoms with Gasteiger partial charge in [0.2, 0.25) is 0 Å². The molecule has 6 heteroatoms. The van der Waals surface area contributed by atoms with Crippen molar-refractivity contribution in [2.45, 2.75) is 13.1 Å². The van der Waals surface area contributed by atoms with Crippen LogP contribution in [0, 0.1) is 0 Å². The Morgan fingerprint density at radius 3 is 1.28 bits per heavy atom. The van der Waals surface area contributed by atoms with E-state index in [4.69, 9.17) is 19.9 Å². The molecule has 58 heavy (non-hydrogen) atoms. The van der Waals surface area contributed by atoms with E-state index in [9.17, 15) is 0 Å². The predicted octanol–water partition coefficient (Wildman–Crippen LogP) is 11.9. The van der Waals surface area contributed by atoms with Crippen molar-refractivity contribution in [1.29, 1.82) is 0 Å². The van der Waals surface area contributed by atoms with Crippen molar-refractivity contribution in [3.63, 3.8) is 0 Å². The summed E-state index contributed by atoms with van der Waals surface area (Å²) in [6.07, 6.45) is 2.03. The van der Waals surface area contributed by atoms with Gasteiger partial charge in [-0.15, -0.1) is 0 Å². The topological polar surface area (TPSA) is 54.8 Å². The van der Waals surface area contributed by atoms with Gasteiger partial charge in [0.1, 0.15) is 13.9 Å². The van der Waals surface area contributed by atoms with Gasteiger partial charge in [-0.05, 0) is 56.4 Å². The summed E-state index contributed by atoms with van der Waals surface area (Å²) in [4.78, 5) is 23.5. The van der Waals surface area contributed by atoms with Gasteiger partial charge in [-0.25, -0.2) is 19.9 Å². The van der Waals surface area contributed by atoms with Crippen LogP contribution >= 0.6 is 0 Å². The molecule has 0 saturated carbocycles. The van der Waals surface area contributed by atoms with Gasteiger partial charge in [-0.3, -0.25) is 4.90 Å². The quantitative estimate of drug-likeness (QED) is 0.151. The summed E-state index contributed by atoms with van der Waals surface area (Å²) in [5.74, 6) is 2.51. The van der Waals surface area contributed by atoms with Crippen molar-refractivity contribution in [2.75, 3.05) is 4.90 Å². The first-order valence-corrected chi connectivity index (χ1v) is 22.7. The minimum atomic E-state index is -2.07. The Morgan fingerprint density at radius 2 is 0.793 bits per heavy atom. The molecule has 0 unspecified atom stereocenters. The molecule has 0 atom stereocenters. The van der Waals surface area contributed by atoms with E-state index in [2.05, 4.69) is 176 Å². The van der Waals surface area contributed by atoms with E-state index >= 15 is 0 Å². The number of hydrogen-bond donors (Lipinski definition) is 0. The van der Waals surface area contributed by atoms with Crippen molar-refractivity contribution in [3.05, 3.63) is 200 Å². The summed E-state index contributed by atoms with van der Waals surface area (Å²) >= 11 is 0. The number of fused-ring (bicyclic) bond motifs is 2. The van der Waals surface area contributed by atoms with E-state index in [1.54, 1.807) is 0 Å². The highest BCUT2D eigenvalue weighted by atomic mass is 28.3. The molecule has 276 valence electrons. The molecular weight excluding hydrogens is 723 g/mol. The molecule has 0 saturated heterocycles. The largest absolute Gasteiger partial charge is 0.295 e. The van der Waals surface area contributed by atoms with Gasteiger partial charge in [0, 0.05) is 34.3 Å². The fourth-order valence-corrected chi connectivity index (χ4v) is 11.3. The number of rotatable bonds is 7. The van der Waals surface area contributed by atoms with Gasteiger partial charge in [-0.2, -0.15) is 0 Å². The fourth-order valence-electron chi connectivity index (χ4n) is 8.34. The van der Waals surface area contributed by atoms with Crippen LogP contribution in [-0.4, -0.2) is 28.0 Å². The molecule has 5 nitrogen and oxygen atoms in total. The Balaban J connectivity index is 1.30. The van der Waals surface area contributed by atoms with Crippen LogP contribution in [-0.2, 0) is 0 Å². The molecule has 0 bridgehead atoms. The third-order valence-corrected chi connectivity index (χ3v) is 14.7. The van der Waals surface area contributed by atoms with Crippen molar-refractivity contribution in [1.82, 2.24) is 19.9 Å². The van der Waals surface area contributed by atoms with E-state index < -0.39 is 8.07 Å². The standard InChI is InChI=1S/C52H39N5Si/c1-58(2)46-32-17-15-30-44(46)57(45-31-16-18-33-47(45)58)52-43(51-55-49(38-24-11-5-12-25-38)54-50(56-51)39-26-13-6-14-27-39)34-40(35-53-52)48-41(36-20-7-3-8-21-36)28-19-29-42(48)37-22-9-4-10-23-37/h3-35H,1-2H3. The number of aromatic nitrogens is 4. The number of nitrogens with zero attached hydrogens (tertiary/aromatic N) is 5. The molecule has 3 heterocycles. The van der Waals surface area contributed by atoms with E-state index in [-0.39, 0.29) is 0 Å². The average molecular weight is 762 g/mol. The Bertz CT molecular complexity index is 2750. The monoisotopic (exact) mass is 761 g/mol. The minimum absolute atomic E-state index is 0.549. The Kier molecular flexibility index (Phi) is 8.88. The maximum Gasteiger partial charge on any atom is 0.167 e. The molecule has 10 rings (SSSR count). The fraction of sp³-hybridized carbons (Fsp3) is 0.0385. The van der Waals surface area contributed by atoms with Crippen LogP contribution in [0.3, 0.4) is 0 Å². The van der Waals surface area contributed by atoms with Crippen molar-refractivity contribution in [2.24, 2.45) is 0 Å². The molecule has 9 aromatic rings. The first kappa shape index (κ1) is 35.2. The molecule has 0 amide bonds. The molecule has 0 fully saturated rings. The lowest BCUT2D eigenvalue weighted by Gasteiger charge is -2.40. The van der Waals surface area contributed by atoms with E-state index in [1.165, 1.54) is 10.4 Å². The van der Waals surface area contributed by atoms with Crippen molar-refractivity contribution < 1.29 is 0 Å². The summed E-state index contributed by atoms with van der Waals surface area (Å²) < 4.78 is 0. The third kappa shape index (κ3) is 6.20. The summed E-state index contributed by atoms with van der Waals surface area (Å²) in [5, 5.41) is 2.72. The molecule has 1 aliphatic rings. The number of para-hydroxylation sites is 2. The maximum atomic E-state index is 5.52. The van der Waals surface area contributed by atoms with Crippen molar-refractivity contribution >= 4 is 35.6 Å². The first-order chi connectivity index (χ1) is 28.5. The first-order valence-electron chi connectivity index (χ1n) is 19.7. The van der Waals surface area contributed by atoms with Crippen LogP contribution in [0.25, 0.3) is 67.5 Å². The summed E-state index contributed by atoms with van der Waals surface area (Å²) in [6, 6.07) is 68.0. The van der Waals surface area contributed by atoms with Gasteiger partial charge in [0.25, 0.3) is 0 Å². The second-order valence-electron chi connectivity index (χ2n) is 15.1. The van der Waals surface area contributed by atoms with Crippen LogP contribution in [0.5, 0.6) is 0 Å². The number of hydrogen-bond acceptors (Lipinski definition) is 5. The van der Waals surface area contributed by atoms with Gasteiger partial charge >= 0.3 is 0 Å². The molecule has 7 aromatic carbocycles. The smallest absolute Gasteiger partial charge is 0.167 e. The lowest BCUT2D eigenvalue weighted by molar-refractivity contribution is 1.06. The lowest BCUT2D eigenvalue weighted by atomic mass is 9.87. The van der Waals surface area contributed by atoms with Crippen LogP contribution in [0.2, 0.25) is 13.1 Å².